The topological polar surface area (TPSA) is 56.3 Å². The summed E-state index contributed by atoms with van der Waals surface area (Å²) in [7, 11) is 2.13. The van der Waals surface area contributed by atoms with Gasteiger partial charge in [0, 0.05) is 39.3 Å². The zero-order chi connectivity index (χ0) is 12.3. The van der Waals surface area contributed by atoms with Gasteiger partial charge in [-0.2, -0.15) is 0 Å². The second kappa shape index (κ2) is 5.66. The van der Waals surface area contributed by atoms with Gasteiger partial charge >= 0.3 is 6.09 Å². The van der Waals surface area contributed by atoms with E-state index in [1.807, 2.05) is 0 Å². The van der Waals surface area contributed by atoms with Crippen molar-refractivity contribution in [1.82, 2.24) is 14.7 Å². The van der Waals surface area contributed by atoms with Crippen molar-refractivity contribution in [1.29, 1.82) is 0 Å². The Hall–Kier alpha value is -0.850. The van der Waals surface area contributed by atoms with Crippen LogP contribution in [0.2, 0.25) is 0 Å². The van der Waals surface area contributed by atoms with Crippen molar-refractivity contribution in [2.75, 3.05) is 59.5 Å². The van der Waals surface area contributed by atoms with Gasteiger partial charge < -0.3 is 19.6 Å². The van der Waals surface area contributed by atoms with Gasteiger partial charge in [-0.15, -0.1) is 0 Å². The summed E-state index contributed by atoms with van der Waals surface area (Å²) in [6.45, 7) is 6.30. The van der Waals surface area contributed by atoms with E-state index in [0.717, 1.165) is 32.7 Å². The highest BCUT2D eigenvalue weighted by Crippen LogP contribution is 2.10. The molecular formula is C11H21N3O3. The number of hydrogen-bond acceptors (Lipinski definition) is 5. The fourth-order valence-corrected chi connectivity index (χ4v) is 2.19. The Morgan fingerprint density at radius 3 is 2.59 bits per heavy atom. The molecule has 0 saturated carbocycles. The fraction of sp³-hybridized carbons (Fsp3) is 0.909. The third-order valence-corrected chi connectivity index (χ3v) is 3.44. The van der Waals surface area contributed by atoms with Crippen molar-refractivity contribution < 1.29 is 14.6 Å². The molecule has 6 heteroatoms. The highest BCUT2D eigenvalue weighted by molar-refractivity contribution is 5.69. The average Bonchev–Trinajstić information content (AvgIpc) is 2.69. The zero-order valence-electron chi connectivity index (χ0n) is 10.3. The van der Waals surface area contributed by atoms with Crippen molar-refractivity contribution >= 4 is 6.09 Å². The number of cyclic esters (lactones) is 1. The molecule has 0 spiro atoms. The number of piperazine rings is 1. The minimum atomic E-state index is -0.338. The lowest BCUT2D eigenvalue weighted by molar-refractivity contribution is 0.0942. The fourth-order valence-electron chi connectivity index (χ4n) is 2.19. The number of carbonyl (C=O) groups excluding carboxylic acids is 1. The average molecular weight is 243 g/mol. The Labute approximate surface area is 102 Å². The first kappa shape index (κ1) is 12.6. The summed E-state index contributed by atoms with van der Waals surface area (Å²) in [5.74, 6) is 0. The van der Waals surface area contributed by atoms with E-state index >= 15 is 0 Å². The Morgan fingerprint density at radius 2 is 2.00 bits per heavy atom. The molecule has 98 valence electrons. The van der Waals surface area contributed by atoms with Crippen molar-refractivity contribution in [2.24, 2.45) is 0 Å². The second-order valence-corrected chi connectivity index (χ2v) is 4.78. The smallest absolute Gasteiger partial charge is 0.410 e. The third kappa shape index (κ3) is 3.31. The molecule has 2 heterocycles. The molecule has 2 aliphatic rings. The van der Waals surface area contributed by atoms with Crippen LogP contribution in [-0.2, 0) is 4.74 Å². The van der Waals surface area contributed by atoms with E-state index in [2.05, 4.69) is 16.8 Å². The molecule has 17 heavy (non-hydrogen) atoms. The number of likely N-dealkylation sites (N-methyl/N-ethyl adjacent to an activating group) is 1. The van der Waals surface area contributed by atoms with E-state index in [1.54, 1.807) is 4.90 Å². The molecule has 0 aromatic carbocycles. The SMILES string of the molecule is CN1CCN(CCN2C[C@H](CO)OC2=O)CC1. The maximum absolute atomic E-state index is 11.4. The summed E-state index contributed by atoms with van der Waals surface area (Å²) in [5, 5.41) is 8.93. The zero-order valence-corrected chi connectivity index (χ0v) is 10.3. The quantitative estimate of drug-likeness (QED) is 0.690. The van der Waals surface area contributed by atoms with E-state index in [-0.39, 0.29) is 18.8 Å². The van der Waals surface area contributed by atoms with Gasteiger partial charge in [-0.1, -0.05) is 0 Å². The minimum absolute atomic E-state index is 0.0866. The van der Waals surface area contributed by atoms with Crippen LogP contribution < -0.4 is 0 Å². The summed E-state index contributed by atoms with van der Waals surface area (Å²) in [4.78, 5) is 17.8. The molecule has 6 nitrogen and oxygen atoms in total. The lowest BCUT2D eigenvalue weighted by Crippen LogP contribution is -2.47. The molecular weight excluding hydrogens is 222 g/mol. The van der Waals surface area contributed by atoms with Crippen LogP contribution in [0.5, 0.6) is 0 Å². The van der Waals surface area contributed by atoms with Crippen LogP contribution in [0.4, 0.5) is 4.79 Å². The number of amides is 1. The van der Waals surface area contributed by atoms with Crippen molar-refractivity contribution in [3.63, 3.8) is 0 Å². The number of carbonyl (C=O) groups is 1. The van der Waals surface area contributed by atoms with Crippen molar-refractivity contribution in [3.8, 4) is 0 Å². The van der Waals surface area contributed by atoms with Gasteiger partial charge in [0.15, 0.2) is 0 Å². The highest BCUT2D eigenvalue weighted by atomic mass is 16.6. The Morgan fingerprint density at radius 1 is 1.29 bits per heavy atom. The maximum atomic E-state index is 11.4. The lowest BCUT2D eigenvalue weighted by Gasteiger charge is -2.32. The number of aliphatic hydroxyl groups is 1. The van der Waals surface area contributed by atoms with E-state index in [9.17, 15) is 4.79 Å². The molecule has 1 N–H and O–H groups in total. The van der Waals surface area contributed by atoms with Crippen LogP contribution in [-0.4, -0.2) is 91.5 Å². The lowest BCUT2D eigenvalue weighted by atomic mass is 10.3. The Balaban J connectivity index is 1.70. The molecule has 2 saturated heterocycles. The van der Waals surface area contributed by atoms with E-state index in [4.69, 9.17) is 9.84 Å². The summed E-state index contributed by atoms with van der Waals surface area (Å²) in [5.41, 5.74) is 0. The summed E-state index contributed by atoms with van der Waals surface area (Å²) in [6, 6.07) is 0. The van der Waals surface area contributed by atoms with Crippen LogP contribution in [0.1, 0.15) is 0 Å². The predicted octanol–water partition coefficient (Wildman–Crippen LogP) is -0.953. The van der Waals surface area contributed by atoms with Gasteiger partial charge in [0.1, 0.15) is 6.10 Å². The maximum Gasteiger partial charge on any atom is 0.410 e. The van der Waals surface area contributed by atoms with Crippen LogP contribution in [0.15, 0.2) is 0 Å². The van der Waals surface area contributed by atoms with Crippen LogP contribution in [0.3, 0.4) is 0 Å². The van der Waals surface area contributed by atoms with Gasteiger partial charge in [-0.05, 0) is 7.05 Å². The Kier molecular flexibility index (Phi) is 4.20. The normalized spacial score (nSPS) is 27.5. The summed E-state index contributed by atoms with van der Waals surface area (Å²) in [6.07, 6.45) is -0.631. The molecule has 0 aromatic heterocycles. The summed E-state index contributed by atoms with van der Waals surface area (Å²) >= 11 is 0. The molecule has 2 rings (SSSR count). The number of nitrogens with zero attached hydrogens (tertiary/aromatic N) is 3. The molecule has 1 atom stereocenters. The molecule has 0 aromatic rings. The number of ether oxygens (including phenoxy) is 1. The monoisotopic (exact) mass is 243 g/mol. The first-order valence-corrected chi connectivity index (χ1v) is 6.16. The third-order valence-electron chi connectivity index (χ3n) is 3.44. The van der Waals surface area contributed by atoms with E-state index in [0.29, 0.717) is 13.1 Å². The van der Waals surface area contributed by atoms with Gasteiger partial charge in [0.05, 0.1) is 13.2 Å². The number of aliphatic hydroxyl groups excluding tert-OH is 1. The molecule has 2 aliphatic heterocycles. The second-order valence-electron chi connectivity index (χ2n) is 4.78. The van der Waals surface area contributed by atoms with Crippen LogP contribution in [0.25, 0.3) is 0 Å². The van der Waals surface area contributed by atoms with Crippen LogP contribution in [0, 0.1) is 0 Å². The largest absolute Gasteiger partial charge is 0.442 e. The van der Waals surface area contributed by atoms with Gasteiger partial charge in [0.2, 0.25) is 0 Å². The molecule has 1 amide bonds. The van der Waals surface area contributed by atoms with Crippen LogP contribution >= 0.6 is 0 Å². The molecule has 2 fully saturated rings. The van der Waals surface area contributed by atoms with Gasteiger partial charge in [-0.3, -0.25) is 4.90 Å². The van der Waals surface area contributed by atoms with Crippen molar-refractivity contribution in [2.45, 2.75) is 6.10 Å². The first-order chi connectivity index (χ1) is 8.19. The highest BCUT2D eigenvalue weighted by Gasteiger charge is 2.30. The summed E-state index contributed by atoms with van der Waals surface area (Å²) < 4.78 is 4.99. The molecule has 0 aliphatic carbocycles. The van der Waals surface area contributed by atoms with Gasteiger partial charge in [-0.25, -0.2) is 4.79 Å². The Bertz CT molecular complexity index is 267. The number of rotatable bonds is 4. The predicted molar refractivity (Wildman–Crippen MR) is 62.9 cm³/mol. The van der Waals surface area contributed by atoms with E-state index < -0.39 is 0 Å². The van der Waals surface area contributed by atoms with Gasteiger partial charge in [0.25, 0.3) is 0 Å². The van der Waals surface area contributed by atoms with E-state index in [1.165, 1.54) is 0 Å². The number of hydrogen-bond donors (Lipinski definition) is 1. The standard InChI is InChI=1S/C11H21N3O3/c1-12-2-4-13(5-3-12)6-7-14-8-10(9-15)17-11(14)16/h10,15H,2-9H2,1H3/t10-/m1/s1. The molecule has 0 bridgehead atoms. The molecule has 0 unspecified atom stereocenters. The molecule has 0 radical (unpaired) electrons. The van der Waals surface area contributed by atoms with Crippen molar-refractivity contribution in [3.05, 3.63) is 0 Å². The first-order valence-electron chi connectivity index (χ1n) is 6.16. The minimum Gasteiger partial charge on any atom is -0.442 e.